The van der Waals surface area contributed by atoms with Gasteiger partial charge in [0.15, 0.2) is 12.1 Å². The quantitative estimate of drug-likeness (QED) is 0.320. The number of benzene rings is 1. The first kappa shape index (κ1) is 23.1. The van der Waals surface area contributed by atoms with Crippen molar-refractivity contribution in [2.24, 2.45) is 5.92 Å². The third-order valence-corrected chi connectivity index (χ3v) is 6.27. The predicted octanol–water partition coefficient (Wildman–Crippen LogP) is 2.44. The molecule has 1 fully saturated rings. The highest BCUT2D eigenvalue weighted by Crippen LogP contribution is 2.32. The summed E-state index contributed by atoms with van der Waals surface area (Å²) < 4.78 is 10.6. The Hall–Kier alpha value is -2.58. The van der Waals surface area contributed by atoms with Crippen LogP contribution in [0.15, 0.2) is 18.2 Å². The maximum atomic E-state index is 13.0. The Kier molecular flexibility index (Phi) is 7.56. The van der Waals surface area contributed by atoms with Crippen molar-refractivity contribution in [2.75, 3.05) is 32.2 Å². The first-order chi connectivity index (χ1) is 14.9. The average molecular weight is 431 g/mol. The fourth-order valence-electron chi connectivity index (χ4n) is 4.45. The molecule has 3 rings (SSSR count). The number of nitrogens with zero attached hydrogens (tertiary/aromatic N) is 2. The number of Topliss-reactive ketones (excluding diaryl/α,β-unsaturated/α-hetero) is 1. The van der Waals surface area contributed by atoms with E-state index in [0.717, 1.165) is 42.9 Å². The van der Waals surface area contributed by atoms with Gasteiger partial charge in [0.1, 0.15) is 6.29 Å². The Morgan fingerprint density at radius 2 is 1.77 bits per heavy atom. The Morgan fingerprint density at radius 1 is 1.13 bits per heavy atom. The van der Waals surface area contributed by atoms with Gasteiger partial charge in [0.25, 0.3) is 11.8 Å². The molecule has 2 aliphatic rings. The first-order valence-electron chi connectivity index (χ1n) is 10.7. The van der Waals surface area contributed by atoms with Crippen LogP contribution in [0.2, 0.25) is 0 Å². The van der Waals surface area contributed by atoms with E-state index < -0.39 is 17.9 Å². The van der Waals surface area contributed by atoms with Crippen molar-refractivity contribution >= 4 is 29.6 Å². The molecule has 1 aromatic carbocycles. The van der Waals surface area contributed by atoms with Crippen molar-refractivity contribution in [1.82, 2.24) is 4.90 Å². The second-order valence-corrected chi connectivity index (χ2v) is 8.15. The number of aldehydes is 1. The number of carbonyl (C=O) groups excluding carboxylic acids is 4. The number of methoxy groups -OCH3 is 2. The first-order valence-corrected chi connectivity index (χ1v) is 10.7. The SMILES string of the molecule is COC(CC1CCN(c2ccc3c(c2)C(=O)N(C(CCC=O)C(C)=O)C3=O)CC1)OC. The van der Waals surface area contributed by atoms with Crippen LogP contribution in [-0.4, -0.2) is 68.4 Å². The zero-order valence-corrected chi connectivity index (χ0v) is 18.3. The van der Waals surface area contributed by atoms with Crippen LogP contribution in [-0.2, 0) is 19.1 Å². The second-order valence-electron chi connectivity index (χ2n) is 8.15. The van der Waals surface area contributed by atoms with Crippen LogP contribution in [0.3, 0.4) is 0 Å². The molecular weight excluding hydrogens is 400 g/mol. The van der Waals surface area contributed by atoms with Crippen molar-refractivity contribution in [3.8, 4) is 0 Å². The number of amides is 2. The predicted molar refractivity (Wildman–Crippen MR) is 114 cm³/mol. The minimum absolute atomic E-state index is 0.116. The summed E-state index contributed by atoms with van der Waals surface area (Å²) in [5, 5.41) is 0. The van der Waals surface area contributed by atoms with E-state index in [2.05, 4.69) is 4.90 Å². The van der Waals surface area contributed by atoms with Crippen molar-refractivity contribution in [2.45, 2.75) is 51.4 Å². The summed E-state index contributed by atoms with van der Waals surface area (Å²) in [5.74, 6) is -0.736. The van der Waals surface area contributed by atoms with Crippen LogP contribution in [0.5, 0.6) is 0 Å². The summed E-state index contributed by atoms with van der Waals surface area (Å²) >= 11 is 0. The fraction of sp³-hybridized carbons (Fsp3) is 0.565. The summed E-state index contributed by atoms with van der Waals surface area (Å²) in [7, 11) is 3.29. The summed E-state index contributed by atoms with van der Waals surface area (Å²) in [6.07, 6.45) is 3.57. The molecule has 1 aromatic rings. The molecule has 0 radical (unpaired) electrons. The van der Waals surface area contributed by atoms with Gasteiger partial charge in [0.2, 0.25) is 0 Å². The van der Waals surface area contributed by atoms with E-state index in [9.17, 15) is 19.2 Å². The molecule has 1 saturated heterocycles. The van der Waals surface area contributed by atoms with Gasteiger partial charge in [-0.05, 0) is 50.3 Å². The molecule has 168 valence electrons. The van der Waals surface area contributed by atoms with Crippen LogP contribution < -0.4 is 4.90 Å². The van der Waals surface area contributed by atoms with E-state index in [1.54, 1.807) is 26.4 Å². The van der Waals surface area contributed by atoms with Gasteiger partial charge in [-0.15, -0.1) is 0 Å². The number of hydrogen-bond donors (Lipinski definition) is 0. The second kappa shape index (κ2) is 10.2. The normalized spacial score (nSPS) is 17.9. The zero-order valence-electron chi connectivity index (χ0n) is 18.3. The monoisotopic (exact) mass is 430 g/mol. The Morgan fingerprint density at radius 3 is 2.35 bits per heavy atom. The highest BCUT2D eigenvalue weighted by Gasteiger charge is 2.41. The molecule has 2 heterocycles. The summed E-state index contributed by atoms with van der Waals surface area (Å²) in [5.41, 5.74) is 1.52. The summed E-state index contributed by atoms with van der Waals surface area (Å²) in [4.78, 5) is 51.9. The molecule has 1 unspecified atom stereocenters. The van der Waals surface area contributed by atoms with Gasteiger partial charge in [-0.1, -0.05) is 0 Å². The molecular formula is C23H30N2O6. The molecule has 8 heteroatoms. The minimum Gasteiger partial charge on any atom is -0.371 e. The maximum absolute atomic E-state index is 13.0. The van der Waals surface area contributed by atoms with Crippen LogP contribution in [0, 0.1) is 5.92 Å². The lowest BCUT2D eigenvalue weighted by Gasteiger charge is -2.34. The van der Waals surface area contributed by atoms with Crippen LogP contribution in [0.1, 0.15) is 59.7 Å². The number of hydrogen-bond acceptors (Lipinski definition) is 7. The van der Waals surface area contributed by atoms with Crippen molar-refractivity contribution in [3.63, 3.8) is 0 Å². The topological polar surface area (TPSA) is 93.2 Å². The number of ether oxygens (including phenoxy) is 2. The van der Waals surface area contributed by atoms with Crippen LogP contribution in [0.25, 0.3) is 0 Å². The van der Waals surface area contributed by atoms with Gasteiger partial charge in [0.05, 0.1) is 17.2 Å². The molecule has 2 aliphatic heterocycles. The molecule has 0 aromatic heterocycles. The molecule has 0 aliphatic carbocycles. The van der Waals surface area contributed by atoms with Gasteiger partial charge < -0.3 is 19.2 Å². The zero-order chi connectivity index (χ0) is 22.5. The number of ketones is 1. The molecule has 0 bridgehead atoms. The Labute approximate surface area is 182 Å². The fourth-order valence-corrected chi connectivity index (χ4v) is 4.45. The van der Waals surface area contributed by atoms with Gasteiger partial charge >= 0.3 is 0 Å². The molecule has 0 N–H and O–H groups in total. The summed E-state index contributed by atoms with van der Waals surface area (Å²) in [6, 6.07) is 4.36. The largest absolute Gasteiger partial charge is 0.371 e. The van der Waals surface area contributed by atoms with E-state index in [-0.39, 0.29) is 24.9 Å². The number of rotatable bonds is 10. The molecule has 8 nitrogen and oxygen atoms in total. The smallest absolute Gasteiger partial charge is 0.262 e. The summed E-state index contributed by atoms with van der Waals surface area (Å²) in [6.45, 7) is 3.02. The number of fused-ring (bicyclic) bond motifs is 1. The average Bonchev–Trinajstić information content (AvgIpc) is 3.02. The highest BCUT2D eigenvalue weighted by molar-refractivity contribution is 6.23. The standard InChI is InChI=1S/C23H30N2O6/c1-15(27)20(5-4-12-26)25-22(28)18-7-6-17(14-19(18)23(25)29)24-10-8-16(9-11-24)13-21(30-2)31-3/h6-7,12,14,16,20-21H,4-5,8-11,13H2,1-3H3. The van der Waals surface area contributed by atoms with E-state index >= 15 is 0 Å². The van der Waals surface area contributed by atoms with Crippen molar-refractivity contribution < 1.29 is 28.7 Å². The minimum atomic E-state index is -0.911. The lowest BCUT2D eigenvalue weighted by atomic mass is 9.92. The Bertz CT molecular complexity index is 842. The van der Waals surface area contributed by atoms with E-state index in [1.165, 1.54) is 6.92 Å². The third kappa shape index (κ3) is 4.85. The maximum Gasteiger partial charge on any atom is 0.262 e. The number of imide groups is 1. The van der Waals surface area contributed by atoms with E-state index in [1.807, 2.05) is 6.07 Å². The highest BCUT2D eigenvalue weighted by atomic mass is 16.7. The number of carbonyl (C=O) groups is 4. The number of anilines is 1. The van der Waals surface area contributed by atoms with Gasteiger partial charge in [-0.3, -0.25) is 19.3 Å². The molecule has 0 spiro atoms. The molecule has 2 amide bonds. The van der Waals surface area contributed by atoms with E-state index in [0.29, 0.717) is 23.3 Å². The molecule has 31 heavy (non-hydrogen) atoms. The number of piperidine rings is 1. The van der Waals surface area contributed by atoms with Crippen LogP contribution >= 0.6 is 0 Å². The molecule has 1 atom stereocenters. The third-order valence-electron chi connectivity index (χ3n) is 6.27. The lowest BCUT2D eigenvalue weighted by molar-refractivity contribution is -0.121. The lowest BCUT2D eigenvalue weighted by Crippen LogP contribution is -2.44. The van der Waals surface area contributed by atoms with Crippen LogP contribution in [0.4, 0.5) is 5.69 Å². The van der Waals surface area contributed by atoms with E-state index in [4.69, 9.17) is 9.47 Å². The van der Waals surface area contributed by atoms with Gasteiger partial charge in [-0.2, -0.15) is 0 Å². The Balaban J connectivity index is 1.72. The van der Waals surface area contributed by atoms with Gasteiger partial charge in [0, 0.05) is 45.8 Å². The van der Waals surface area contributed by atoms with Crippen molar-refractivity contribution in [1.29, 1.82) is 0 Å². The molecule has 0 saturated carbocycles. The van der Waals surface area contributed by atoms with Gasteiger partial charge in [-0.25, -0.2) is 0 Å². The van der Waals surface area contributed by atoms with Crippen molar-refractivity contribution in [3.05, 3.63) is 29.3 Å².